The third-order valence-corrected chi connectivity index (χ3v) is 2.48. The molecule has 0 saturated heterocycles. The average Bonchev–Trinajstić information content (AvgIpc) is 1.99. The van der Waals surface area contributed by atoms with E-state index in [1.807, 2.05) is 0 Å². The van der Waals surface area contributed by atoms with Crippen LogP contribution in [0.2, 0.25) is 0 Å². The van der Waals surface area contributed by atoms with Gasteiger partial charge in [-0.2, -0.15) is 8.42 Å². The van der Waals surface area contributed by atoms with Crippen molar-refractivity contribution in [1.29, 1.82) is 0 Å². The molecule has 15 heavy (non-hydrogen) atoms. The van der Waals surface area contributed by atoms with Gasteiger partial charge in [-0.25, -0.2) is 0 Å². The van der Waals surface area contributed by atoms with E-state index in [0.717, 1.165) is 12.1 Å². The number of carbonyl (C=O) groups is 1. The number of hydrogen-bond acceptors (Lipinski definition) is 3. The van der Waals surface area contributed by atoms with Crippen LogP contribution in [0.5, 0.6) is 0 Å². The summed E-state index contributed by atoms with van der Waals surface area (Å²) in [6.07, 6.45) is 0. The highest BCUT2D eigenvalue weighted by Gasteiger charge is 2.16. The third-order valence-electron chi connectivity index (χ3n) is 1.57. The molecule has 7 heteroatoms. The topological polar surface area (TPSA) is 107 Å². The Morgan fingerprint density at radius 3 is 2.53 bits per heavy atom. The van der Waals surface area contributed by atoms with Crippen molar-refractivity contribution in [3.63, 3.8) is 0 Å². The fraction of sp³-hybridized carbons (Fsp3) is 0.125. The zero-order chi connectivity index (χ0) is 11.6. The average molecular weight is 229 g/mol. The Balaban J connectivity index is 3.33. The summed E-state index contributed by atoms with van der Waals surface area (Å²) >= 11 is 0. The monoisotopic (exact) mass is 229 g/mol. The molecule has 3 N–H and O–H groups in total. The number of rotatable bonds is 2. The quantitative estimate of drug-likeness (QED) is 0.731. The van der Waals surface area contributed by atoms with Crippen LogP contribution in [0.3, 0.4) is 0 Å². The van der Waals surface area contributed by atoms with Crippen molar-refractivity contribution in [3.8, 4) is 0 Å². The predicted octanol–water partition coefficient (Wildman–Crippen LogP) is 0.806. The van der Waals surface area contributed by atoms with Gasteiger partial charge in [-0.3, -0.25) is 9.35 Å². The van der Waals surface area contributed by atoms with Gasteiger partial charge in [0.15, 0.2) is 0 Å². The first-order valence-corrected chi connectivity index (χ1v) is 5.35. The first-order chi connectivity index (χ1) is 6.80. The Kier molecular flexibility index (Phi) is 2.96. The highest BCUT2D eigenvalue weighted by Crippen LogP contribution is 2.24. The second-order valence-electron chi connectivity index (χ2n) is 2.87. The second-order valence-corrected chi connectivity index (χ2v) is 4.26. The van der Waals surface area contributed by atoms with Crippen molar-refractivity contribution in [2.75, 3.05) is 5.32 Å². The van der Waals surface area contributed by atoms with Gasteiger partial charge in [-0.05, 0) is 18.2 Å². The van der Waals surface area contributed by atoms with Gasteiger partial charge >= 0.3 is 0 Å². The maximum atomic E-state index is 10.9. The molecule has 0 unspecified atom stereocenters. The van der Waals surface area contributed by atoms with Crippen LogP contribution in [0.4, 0.5) is 11.4 Å². The van der Waals surface area contributed by atoms with E-state index in [4.69, 9.17) is 10.3 Å². The van der Waals surface area contributed by atoms with E-state index in [1.165, 1.54) is 13.0 Å². The lowest BCUT2D eigenvalue weighted by Crippen LogP contribution is -2.10. The Hall–Kier alpha value is -1.60. The van der Waals surface area contributed by atoms with Crippen LogP contribution in [0, 0.1) is 0 Å². The van der Waals surface area contributed by atoms with Crippen LogP contribution < -0.4 is 11.1 Å². The lowest BCUT2D eigenvalue weighted by atomic mass is 10.3. The van der Waals surface area contributed by atoms with Gasteiger partial charge in [0.25, 0.3) is 10.1 Å². The van der Waals surface area contributed by atoms with E-state index < -0.39 is 20.9 Å². The first-order valence-electron chi connectivity index (χ1n) is 3.91. The maximum Gasteiger partial charge on any atom is 0.296 e. The van der Waals surface area contributed by atoms with Gasteiger partial charge in [0.05, 0.1) is 11.4 Å². The molecule has 0 atom stereocenters. The van der Waals surface area contributed by atoms with Crippen molar-refractivity contribution in [1.82, 2.24) is 5.73 Å². The highest BCUT2D eigenvalue weighted by atomic mass is 32.2. The Labute approximate surface area is 86.8 Å². The summed E-state index contributed by atoms with van der Waals surface area (Å²) in [7, 11) is -4.39. The molecule has 1 rings (SSSR count). The standard InChI is InChI=1S/C8H9N2O4S/c1-5(11)10-7-4-6(9)2-3-8(7)15(12,13)14/h2-4,9H,1H3,(H,10,11)(H,12,13,14). The molecule has 0 aromatic heterocycles. The Morgan fingerprint density at radius 2 is 2.07 bits per heavy atom. The van der Waals surface area contributed by atoms with Gasteiger partial charge in [0, 0.05) is 6.92 Å². The number of carbonyl (C=O) groups excluding carboxylic acids is 1. The van der Waals surface area contributed by atoms with Crippen LogP contribution in [0.15, 0.2) is 23.1 Å². The van der Waals surface area contributed by atoms with Crippen LogP contribution in [-0.4, -0.2) is 18.9 Å². The summed E-state index contributed by atoms with van der Waals surface area (Å²) in [5.74, 6) is -0.481. The van der Waals surface area contributed by atoms with E-state index >= 15 is 0 Å². The van der Waals surface area contributed by atoms with Gasteiger partial charge in [0.2, 0.25) is 5.91 Å². The molecule has 6 nitrogen and oxygen atoms in total. The normalized spacial score (nSPS) is 11.1. The summed E-state index contributed by atoms with van der Waals surface area (Å²) in [6.45, 7) is 1.20. The lowest BCUT2D eigenvalue weighted by Gasteiger charge is -2.07. The van der Waals surface area contributed by atoms with E-state index in [1.54, 1.807) is 0 Å². The summed E-state index contributed by atoms with van der Waals surface area (Å²) in [5.41, 5.74) is 7.19. The van der Waals surface area contributed by atoms with Crippen LogP contribution >= 0.6 is 0 Å². The maximum absolute atomic E-state index is 10.9. The molecule has 0 aliphatic heterocycles. The van der Waals surface area contributed by atoms with Crippen molar-refractivity contribution in [3.05, 3.63) is 18.2 Å². The van der Waals surface area contributed by atoms with E-state index in [9.17, 15) is 13.2 Å². The molecular formula is C8H9N2O4S. The van der Waals surface area contributed by atoms with E-state index in [2.05, 4.69) is 5.32 Å². The molecule has 1 radical (unpaired) electrons. The fourth-order valence-corrected chi connectivity index (χ4v) is 1.67. The van der Waals surface area contributed by atoms with Crippen LogP contribution in [0.25, 0.3) is 0 Å². The lowest BCUT2D eigenvalue weighted by molar-refractivity contribution is -0.114. The second kappa shape index (κ2) is 3.87. The zero-order valence-electron chi connectivity index (χ0n) is 7.81. The minimum atomic E-state index is -4.39. The van der Waals surface area contributed by atoms with Crippen molar-refractivity contribution >= 4 is 27.4 Å². The molecule has 0 aliphatic rings. The molecule has 0 heterocycles. The molecule has 1 amide bonds. The SMILES string of the molecule is CC(=O)Nc1cc([NH])ccc1S(=O)(=O)O. The molecule has 81 valence electrons. The fourth-order valence-electron chi connectivity index (χ4n) is 1.04. The first kappa shape index (κ1) is 11.5. The van der Waals surface area contributed by atoms with E-state index in [0.29, 0.717) is 0 Å². The van der Waals surface area contributed by atoms with Gasteiger partial charge in [-0.15, -0.1) is 0 Å². The number of nitrogens with one attached hydrogen (secondary N) is 2. The van der Waals surface area contributed by atoms with Crippen molar-refractivity contribution in [2.45, 2.75) is 11.8 Å². The molecule has 0 aliphatic carbocycles. The number of benzene rings is 1. The summed E-state index contributed by atoms with van der Waals surface area (Å²) in [5, 5.41) is 2.22. The third kappa shape index (κ3) is 2.93. The number of anilines is 1. The summed E-state index contributed by atoms with van der Waals surface area (Å²) in [6, 6.07) is 3.40. The molecule has 0 spiro atoms. The van der Waals surface area contributed by atoms with E-state index in [-0.39, 0.29) is 11.4 Å². The molecular weight excluding hydrogens is 220 g/mol. The molecule has 0 fully saturated rings. The Bertz CT molecular complexity index is 495. The molecule has 0 saturated carbocycles. The molecule has 1 aromatic carbocycles. The smallest absolute Gasteiger partial charge is 0.296 e. The molecule has 0 bridgehead atoms. The minimum Gasteiger partial charge on any atom is -0.325 e. The van der Waals surface area contributed by atoms with Crippen LogP contribution in [-0.2, 0) is 14.9 Å². The summed E-state index contributed by atoms with van der Waals surface area (Å²) < 4.78 is 30.6. The van der Waals surface area contributed by atoms with Gasteiger partial charge in [-0.1, -0.05) is 0 Å². The van der Waals surface area contributed by atoms with Crippen molar-refractivity contribution < 1.29 is 17.8 Å². The molecule has 1 aromatic rings. The number of hydrogen-bond donors (Lipinski definition) is 2. The predicted molar refractivity (Wildman–Crippen MR) is 53.3 cm³/mol. The Morgan fingerprint density at radius 1 is 1.47 bits per heavy atom. The summed E-state index contributed by atoms with van der Waals surface area (Å²) in [4.78, 5) is 10.3. The highest BCUT2D eigenvalue weighted by molar-refractivity contribution is 7.86. The largest absolute Gasteiger partial charge is 0.325 e. The van der Waals surface area contributed by atoms with Gasteiger partial charge in [0.1, 0.15) is 4.90 Å². The zero-order valence-corrected chi connectivity index (χ0v) is 8.63. The number of amides is 1. The minimum absolute atomic E-state index is 0.0335. The van der Waals surface area contributed by atoms with Gasteiger partial charge < -0.3 is 11.1 Å². The van der Waals surface area contributed by atoms with Crippen LogP contribution in [0.1, 0.15) is 6.92 Å². The van der Waals surface area contributed by atoms with Crippen molar-refractivity contribution in [2.24, 2.45) is 0 Å².